The minimum Gasteiger partial charge on any atom is -0.313 e. The van der Waals surface area contributed by atoms with Crippen LogP contribution in [-0.2, 0) is 0 Å². The molecule has 3 nitrogen and oxygen atoms in total. The molecule has 0 bridgehead atoms. The zero-order chi connectivity index (χ0) is 6.04. The second kappa shape index (κ2) is 3.13. The highest BCUT2D eigenvalue weighted by molar-refractivity contribution is 5.85. The van der Waals surface area contributed by atoms with Crippen LogP contribution in [0.2, 0.25) is 0 Å². The smallest absolute Gasteiger partial charge is 0.200 e. The molecule has 0 aromatic carbocycles. The molecule has 1 rings (SSSR count). The minimum atomic E-state index is -0.0595. The molecular formula is C5H12ClN3. The van der Waals surface area contributed by atoms with Crippen molar-refractivity contribution < 1.29 is 0 Å². The lowest BCUT2D eigenvalue weighted by Gasteiger charge is -2.01. The molecule has 0 fully saturated rings. The van der Waals surface area contributed by atoms with Gasteiger partial charge in [0.25, 0.3) is 0 Å². The van der Waals surface area contributed by atoms with Crippen LogP contribution in [0.1, 0.15) is 13.8 Å². The lowest BCUT2D eigenvalue weighted by atomic mass is 10.3. The Hall–Kier alpha value is -0.150. The molecule has 1 heterocycles. The van der Waals surface area contributed by atoms with Crippen molar-refractivity contribution in [1.29, 1.82) is 0 Å². The average Bonchev–Trinajstić information content (AvgIpc) is 2.45. The van der Waals surface area contributed by atoms with Gasteiger partial charge in [0, 0.05) is 6.54 Å². The maximum Gasteiger partial charge on any atom is 0.200 e. The van der Waals surface area contributed by atoms with E-state index < -0.39 is 0 Å². The molecule has 0 amide bonds. The molecule has 0 aromatic rings. The Morgan fingerprint density at radius 1 is 1.44 bits per heavy atom. The van der Waals surface area contributed by atoms with Crippen molar-refractivity contribution >= 4 is 12.4 Å². The van der Waals surface area contributed by atoms with Crippen LogP contribution in [0.15, 0.2) is 10.2 Å². The van der Waals surface area contributed by atoms with Crippen molar-refractivity contribution in [2.45, 2.75) is 19.5 Å². The van der Waals surface area contributed by atoms with Crippen molar-refractivity contribution in [3.63, 3.8) is 0 Å². The largest absolute Gasteiger partial charge is 0.313 e. The highest BCUT2D eigenvalue weighted by Crippen LogP contribution is 2.24. The molecule has 1 N–H and O–H groups in total. The van der Waals surface area contributed by atoms with E-state index in [1.165, 1.54) is 0 Å². The average molecular weight is 150 g/mol. The Kier molecular flexibility index (Phi) is 3.08. The molecule has 4 heteroatoms. The molecular weight excluding hydrogens is 138 g/mol. The van der Waals surface area contributed by atoms with Crippen molar-refractivity contribution in [1.82, 2.24) is 5.32 Å². The number of hydrogen-bond acceptors (Lipinski definition) is 3. The van der Waals surface area contributed by atoms with Gasteiger partial charge in [-0.05, 0) is 13.5 Å². The molecule has 0 radical (unpaired) electrons. The van der Waals surface area contributed by atoms with Gasteiger partial charge in [0.1, 0.15) is 0 Å². The van der Waals surface area contributed by atoms with Crippen molar-refractivity contribution in [3.05, 3.63) is 0 Å². The Morgan fingerprint density at radius 2 is 2.00 bits per heavy atom. The summed E-state index contributed by atoms with van der Waals surface area (Å²) >= 11 is 0. The first-order chi connectivity index (χ1) is 3.77. The van der Waals surface area contributed by atoms with Gasteiger partial charge in [0.05, 0.1) is 0 Å². The van der Waals surface area contributed by atoms with E-state index in [4.69, 9.17) is 0 Å². The van der Waals surface area contributed by atoms with E-state index in [-0.39, 0.29) is 18.1 Å². The maximum absolute atomic E-state index is 3.83. The van der Waals surface area contributed by atoms with Crippen LogP contribution in [-0.4, -0.2) is 18.8 Å². The molecule has 0 unspecified atom stereocenters. The van der Waals surface area contributed by atoms with Crippen LogP contribution in [0, 0.1) is 0 Å². The molecule has 0 aromatic heterocycles. The summed E-state index contributed by atoms with van der Waals surface area (Å²) in [4.78, 5) is 0. The van der Waals surface area contributed by atoms with Gasteiger partial charge in [0.15, 0.2) is 5.66 Å². The van der Waals surface area contributed by atoms with E-state index in [0.717, 1.165) is 13.1 Å². The summed E-state index contributed by atoms with van der Waals surface area (Å²) < 4.78 is 0. The summed E-state index contributed by atoms with van der Waals surface area (Å²) in [5.74, 6) is 0. The fourth-order valence-electron chi connectivity index (χ4n) is 0.518. The van der Waals surface area contributed by atoms with Crippen LogP contribution in [0.25, 0.3) is 0 Å². The Morgan fingerprint density at radius 3 is 2.33 bits per heavy atom. The topological polar surface area (TPSA) is 36.8 Å². The van der Waals surface area contributed by atoms with Crippen LogP contribution in [0.4, 0.5) is 0 Å². The van der Waals surface area contributed by atoms with E-state index in [1.807, 2.05) is 6.92 Å². The van der Waals surface area contributed by atoms with E-state index in [2.05, 4.69) is 22.5 Å². The van der Waals surface area contributed by atoms with Gasteiger partial charge in [-0.15, -0.1) is 12.4 Å². The van der Waals surface area contributed by atoms with Gasteiger partial charge < -0.3 is 5.32 Å². The van der Waals surface area contributed by atoms with Crippen molar-refractivity contribution in [2.24, 2.45) is 10.2 Å². The number of nitrogens with zero attached hydrogens (tertiary/aromatic N) is 2. The van der Waals surface area contributed by atoms with Gasteiger partial charge >= 0.3 is 0 Å². The number of nitrogens with one attached hydrogen (secondary N) is 1. The summed E-state index contributed by atoms with van der Waals surface area (Å²) in [7, 11) is 0. The lowest BCUT2D eigenvalue weighted by molar-refractivity contribution is 0.577. The molecule has 0 spiro atoms. The lowest BCUT2D eigenvalue weighted by Crippen LogP contribution is -2.26. The summed E-state index contributed by atoms with van der Waals surface area (Å²) in [5.41, 5.74) is -0.0595. The second-order valence-corrected chi connectivity index (χ2v) is 2.20. The summed E-state index contributed by atoms with van der Waals surface area (Å²) in [6.45, 7) is 5.98. The highest BCUT2D eigenvalue weighted by atomic mass is 35.5. The Bertz CT molecular complexity index is 107. The number of rotatable bonds is 3. The Balaban J connectivity index is 0.000000640. The van der Waals surface area contributed by atoms with Gasteiger partial charge in [-0.3, -0.25) is 0 Å². The number of likely N-dealkylation sites (N-methyl/N-ethyl adjacent to an activating group) is 1. The van der Waals surface area contributed by atoms with Gasteiger partial charge in [0.2, 0.25) is 0 Å². The van der Waals surface area contributed by atoms with Crippen LogP contribution in [0.5, 0.6) is 0 Å². The summed E-state index contributed by atoms with van der Waals surface area (Å²) in [5, 5.41) is 10.8. The summed E-state index contributed by atoms with van der Waals surface area (Å²) in [6.07, 6.45) is 0. The van der Waals surface area contributed by atoms with Gasteiger partial charge in [-0.1, -0.05) is 6.92 Å². The summed E-state index contributed by atoms with van der Waals surface area (Å²) in [6, 6.07) is 0. The van der Waals surface area contributed by atoms with Gasteiger partial charge in [-0.2, -0.15) is 10.2 Å². The van der Waals surface area contributed by atoms with Crippen LogP contribution >= 0.6 is 12.4 Å². The normalized spacial score (nSPS) is 18.9. The molecule has 54 valence electrons. The first-order valence-electron chi connectivity index (χ1n) is 2.91. The zero-order valence-electron chi connectivity index (χ0n) is 5.72. The quantitative estimate of drug-likeness (QED) is 0.643. The molecule has 0 atom stereocenters. The van der Waals surface area contributed by atoms with E-state index in [0.29, 0.717) is 0 Å². The third kappa shape index (κ3) is 2.77. The molecule has 1 aliphatic rings. The predicted molar refractivity (Wildman–Crippen MR) is 39.1 cm³/mol. The minimum absolute atomic E-state index is 0. The van der Waals surface area contributed by atoms with Crippen LogP contribution in [0.3, 0.4) is 0 Å². The first kappa shape index (κ1) is 8.85. The molecule has 1 aliphatic heterocycles. The van der Waals surface area contributed by atoms with E-state index in [9.17, 15) is 0 Å². The van der Waals surface area contributed by atoms with E-state index in [1.54, 1.807) is 0 Å². The second-order valence-electron chi connectivity index (χ2n) is 2.20. The van der Waals surface area contributed by atoms with Gasteiger partial charge in [-0.25, -0.2) is 0 Å². The highest BCUT2D eigenvalue weighted by Gasteiger charge is 2.32. The molecule has 0 saturated carbocycles. The Labute approximate surface area is 61.3 Å². The standard InChI is InChI=1S/C5H11N3.ClH/c1-3-6-4-5(2)7-8-5;/h6H,3-4H2,1-2H3;1H. The molecule has 9 heavy (non-hydrogen) atoms. The number of hydrogen-bond donors (Lipinski definition) is 1. The predicted octanol–water partition coefficient (Wildman–Crippen LogP) is 1.20. The van der Waals surface area contributed by atoms with Crippen molar-refractivity contribution in [3.8, 4) is 0 Å². The monoisotopic (exact) mass is 149 g/mol. The maximum atomic E-state index is 3.83. The first-order valence-corrected chi connectivity index (χ1v) is 2.91. The number of halogens is 1. The van der Waals surface area contributed by atoms with Crippen molar-refractivity contribution in [2.75, 3.05) is 13.1 Å². The molecule has 0 aliphatic carbocycles. The van der Waals surface area contributed by atoms with Crippen LogP contribution < -0.4 is 5.32 Å². The fourth-order valence-corrected chi connectivity index (χ4v) is 0.518. The zero-order valence-corrected chi connectivity index (χ0v) is 6.53. The van der Waals surface area contributed by atoms with E-state index >= 15 is 0 Å². The SMILES string of the molecule is CCNCC1(C)N=N1.Cl. The third-order valence-corrected chi connectivity index (χ3v) is 1.15. The molecule has 0 saturated heterocycles. The fraction of sp³-hybridized carbons (Fsp3) is 1.00. The third-order valence-electron chi connectivity index (χ3n) is 1.15.